The smallest absolute Gasteiger partial charge is 0.314 e. The third kappa shape index (κ3) is 6.18. The Morgan fingerprint density at radius 2 is 1.83 bits per heavy atom. The first-order chi connectivity index (χ1) is 14.1. The van der Waals surface area contributed by atoms with Crippen molar-refractivity contribution in [3.63, 3.8) is 0 Å². The quantitative estimate of drug-likeness (QED) is 0.345. The van der Waals surface area contributed by atoms with E-state index >= 15 is 0 Å². The molecule has 0 saturated heterocycles. The normalized spacial score (nSPS) is 14.3. The van der Waals surface area contributed by atoms with Crippen molar-refractivity contribution in [2.24, 2.45) is 5.92 Å². The number of hydrogen-bond acceptors (Lipinski definition) is 6. The first kappa shape index (κ1) is 23.6. The van der Waals surface area contributed by atoms with E-state index in [9.17, 15) is 24.9 Å². The lowest BCUT2D eigenvalue weighted by atomic mass is 9.93. The van der Waals surface area contributed by atoms with Crippen LogP contribution in [0.15, 0.2) is 24.3 Å². The number of aryl methyl sites for hydroxylation is 2. The van der Waals surface area contributed by atoms with Crippen LogP contribution in [0.3, 0.4) is 0 Å². The molecule has 0 aliphatic rings. The number of carboxylic acid groups (broad SMARTS) is 1. The minimum atomic E-state index is -1.12. The van der Waals surface area contributed by atoms with E-state index < -0.39 is 24.6 Å². The zero-order chi connectivity index (χ0) is 22.4. The van der Waals surface area contributed by atoms with Gasteiger partial charge in [0.1, 0.15) is 11.5 Å². The molecule has 0 bridgehead atoms. The monoisotopic (exact) mass is 418 g/mol. The highest BCUT2D eigenvalue weighted by molar-refractivity contribution is 5.95. The molecule has 0 spiro atoms. The molecule has 4 N–H and O–H groups in total. The van der Waals surface area contributed by atoms with E-state index in [1.54, 1.807) is 13.0 Å². The number of aliphatic hydroxyl groups is 2. The summed E-state index contributed by atoms with van der Waals surface area (Å²) in [6.45, 7) is 5.58. The molecule has 0 radical (unpaired) electrons. The van der Waals surface area contributed by atoms with Crippen molar-refractivity contribution in [3.8, 4) is 11.5 Å². The predicted octanol–water partition coefficient (Wildman–Crippen LogP) is 3.32. The molecule has 0 amide bonds. The first-order valence-electron chi connectivity index (χ1n) is 10.2. The summed E-state index contributed by atoms with van der Waals surface area (Å²) in [5.74, 6) is -1.52. The van der Waals surface area contributed by atoms with E-state index in [2.05, 4.69) is 0 Å². The lowest BCUT2D eigenvalue weighted by Gasteiger charge is -2.18. The highest BCUT2D eigenvalue weighted by Gasteiger charge is 2.20. The molecule has 0 aromatic heterocycles. The number of ether oxygens (including phenoxy) is 1. The van der Waals surface area contributed by atoms with Crippen LogP contribution in [0.2, 0.25) is 0 Å². The molecule has 0 fully saturated rings. The van der Waals surface area contributed by atoms with Gasteiger partial charge in [0.05, 0.1) is 24.5 Å². The molecule has 164 valence electrons. The second-order valence-corrected chi connectivity index (χ2v) is 7.81. The molecular formula is C23H30O7. The van der Waals surface area contributed by atoms with Crippen LogP contribution in [0.5, 0.6) is 11.5 Å². The maximum absolute atomic E-state index is 12.4. The number of benzene rings is 2. The Morgan fingerprint density at radius 3 is 2.47 bits per heavy atom. The van der Waals surface area contributed by atoms with Gasteiger partial charge in [-0.05, 0) is 55.2 Å². The molecule has 2 aromatic carbocycles. The van der Waals surface area contributed by atoms with Gasteiger partial charge < -0.3 is 25.2 Å². The minimum Gasteiger partial charge on any atom is -0.508 e. The van der Waals surface area contributed by atoms with Gasteiger partial charge in [-0.25, -0.2) is 0 Å². The number of carboxylic acids is 1. The van der Waals surface area contributed by atoms with Crippen molar-refractivity contribution >= 4 is 22.7 Å². The molecular weight excluding hydrogens is 388 g/mol. The molecule has 0 saturated carbocycles. The zero-order valence-electron chi connectivity index (χ0n) is 17.6. The van der Waals surface area contributed by atoms with E-state index in [0.29, 0.717) is 30.0 Å². The van der Waals surface area contributed by atoms with Crippen molar-refractivity contribution in [2.75, 3.05) is 0 Å². The average molecular weight is 418 g/mol. The summed E-state index contributed by atoms with van der Waals surface area (Å²) in [4.78, 5) is 23.0. The summed E-state index contributed by atoms with van der Waals surface area (Å²) >= 11 is 0. The Hall–Kier alpha value is -2.64. The van der Waals surface area contributed by atoms with Gasteiger partial charge in [-0.1, -0.05) is 26.0 Å². The van der Waals surface area contributed by atoms with Crippen molar-refractivity contribution in [1.82, 2.24) is 0 Å². The SMILES string of the molecule is CC[C@H](C)C(=O)Oc1cc(O)cc2ccc(C)c(CC[C@@H](O)C[C@@H](O)CC(=O)O)c12. The van der Waals surface area contributed by atoms with Crippen molar-refractivity contribution in [2.45, 2.75) is 65.1 Å². The lowest BCUT2D eigenvalue weighted by Crippen LogP contribution is -2.21. The van der Waals surface area contributed by atoms with Gasteiger partial charge in [0.2, 0.25) is 0 Å². The van der Waals surface area contributed by atoms with Crippen LogP contribution in [0.25, 0.3) is 10.8 Å². The summed E-state index contributed by atoms with van der Waals surface area (Å²) in [5.41, 5.74) is 1.80. The maximum Gasteiger partial charge on any atom is 0.314 e. The number of aliphatic carboxylic acids is 1. The Kier molecular flexibility index (Phi) is 8.20. The third-order valence-electron chi connectivity index (χ3n) is 5.32. The number of phenols is 1. The second-order valence-electron chi connectivity index (χ2n) is 7.81. The van der Waals surface area contributed by atoms with Crippen LogP contribution in [0.1, 0.15) is 50.7 Å². The van der Waals surface area contributed by atoms with Gasteiger partial charge in [0.25, 0.3) is 0 Å². The summed E-state index contributed by atoms with van der Waals surface area (Å²) < 4.78 is 5.61. The number of phenolic OH excluding ortho intramolecular Hbond substituents is 1. The summed E-state index contributed by atoms with van der Waals surface area (Å²) in [6.07, 6.45) is -1.08. The number of carbonyl (C=O) groups excluding carboxylic acids is 1. The Balaban J connectivity index is 2.31. The van der Waals surface area contributed by atoms with Crippen molar-refractivity contribution in [3.05, 3.63) is 35.4 Å². The average Bonchev–Trinajstić information content (AvgIpc) is 2.65. The molecule has 0 aliphatic carbocycles. The third-order valence-corrected chi connectivity index (χ3v) is 5.32. The topological polar surface area (TPSA) is 124 Å². The first-order valence-corrected chi connectivity index (χ1v) is 10.2. The van der Waals surface area contributed by atoms with Crippen LogP contribution in [-0.2, 0) is 16.0 Å². The Bertz CT molecular complexity index is 906. The fourth-order valence-electron chi connectivity index (χ4n) is 3.39. The zero-order valence-corrected chi connectivity index (χ0v) is 17.6. The number of fused-ring (bicyclic) bond motifs is 1. The largest absolute Gasteiger partial charge is 0.508 e. The fraction of sp³-hybridized carbons (Fsp3) is 0.478. The molecule has 0 unspecified atom stereocenters. The van der Waals surface area contributed by atoms with E-state index in [1.807, 2.05) is 26.0 Å². The van der Waals surface area contributed by atoms with E-state index in [0.717, 1.165) is 11.1 Å². The molecule has 7 heteroatoms. The molecule has 0 aliphatic heterocycles. The second kappa shape index (κ2) is 10.4. The minimum absolute atomic E-state index is 0.0129. The molecule has 2 aromatic rings. The van der Waals surface area contributed by atoms with E-state index in [4.69, 9.17) is 9.84 Å². The maximum atomic E-state index is 12.4. The molecule has 30 heavy (non-hydrogen) atoms. The summed E-state index contributed by atoms with van der Waals surface area (Å²) in [7, 11) is 0. The number of carbonyl (C=O) groups is 2. The Morgan fingerprint density at radius 1 is 1.13 bits per heavy atom. The molecule has 3 atom stereocenters. The van der Waals surface area contributed by atoms with Crippen LogP contribution in [0.4, 0.5) is 0 Å². The van der Waals surface area contributed by atoms with E-state index in [-0.39, 0.29) is 29.8 Å². The standard InChI is InChI=1S/C23H30O7/c1-4-13(2)23(29)30-20-11-17(25)9-15-6-5-14(3)19(22(15)20)8-7-16(24)10-18(26)12-21(27)28/h5-6,9,11,13,16,18,24-26H,4,7-8,10,12H2,1-3H3,(H,27,28)/t13-,16+,18+/m0/s1. The number of hydrogen-bond donors (Lipinski definition) is 4. The van der Waals surface area contributed by atoms with Gasteiger partial charge >= 0.3 is 11.9 Å². The van der Waals surface area contributed by atoms with Gasteiger partial charge in [-0.2, -0.15) is 0 Å². The van der Waals surface area contributed by atoms with Gasteiger partial charge in [-0.15, -0.1) is 0 Å². The van der Waals surface area contributed by atoms with Gasteiger partial charge in [0.15, 0.2) is 0 Å². The van der Waals surface area contributed by atoms with Crippen LogP contribution < -0.4 is 4.74 Å². The van der Waals surface area contributed by atoms with Gasteiger partial charge in [-0.3, -0.25) is 9.59 Å². The van der Waals surface area contributed by atoms with Crippen molar-refractivity contribution < 1.29 is 34.8 Å². The van der Waals surface area contributed by atoms with Gasteiger partial charge in [0, 0.05) is 11.5 Å². The number of aromatic hydroxyl groups is 1. The lowest BCUT2D eigenvalue weighted by molar-refractivity contribution is -0.140. The summed E-state index contributed by atoms with van der Waals surface area (Å²) in [6, 6.07) is 6.73. The molecule has 0 heterocycles. The molecule has 2 rings (SSSR count). The van der Waals surface area contributed by atoms with E-state index in [1.165, 1.54) is 6.07 Å². The Labute approximate surface area is 175 Å². The van der Waals surface area contributed by atoms with Crippen molar-refractivity contribution in [1.29, 1.82) is 0 Å². The molecule has 7 nitrogen and oxygen atoms in total. The fourth-order valence-corrected chi connectivity index (χ4v) is 3.39. The number of aliphatic hydroxyl groups excluding tert-OH is 2. The highest BCUT2D eigenvalue weighted by atomic mass is 16.5. The van der Waals surface area contributed by atoms with Crippen LogP contribution in [-0.4, -0.2) is 44.6 Å². The van der Waals surface area contributed by atoms with Crippen LogP contribution >= 0.6 is 0 Å². The van der Waals surface area contributed by atoms with Crippen LogP contribution in [0, 0.1) is 12.8 Å². The predicted molar refractivity (Wildman–Crippen MR) is 113 cm³/mol. The number of esters is 1. The summed E-state index contributed by atoms with van der Waals surface area (Å²) in [5, 5.41) is 40.2. The highest BCUT2D eigenvalue weighted by Crippen LogP contribution is 2.36. The number of rotatable bonds is 10.